The minimum Gasteiger partial charge on any atom is -0.808 e. The van der Waals surface area contributed by atoms with Crippen molar-refractivity contribution < 1.29 is 33.2 Å². The van der Waals surface area contributed by atoms with Crippen LogP contribution in [-0.4, -0.2) is 7.32 Å². The van der Waals surface area contributed by atoms with E-state index in [-0.39, 0.29) is 18.9 Å². The van der Waals surface area contributed by atoms with Gasteiger partial charge in [-0.05, 0) is 24.3 Å². The third-order valence-electron chi connectivity index (χ3n) is 1.95. The van der Waals surface area contributed by atoms with Crippen molar-refractivity contribution in [1.29, 1.82) is 0 Å². The summed E-state index contributed by atoms with van der Waals surface area (Å²) in [5.74, 6) is 0.997. The first-order valence-corrected chi connectivity index (χ1v) is 4.94. The summed E-state index contributed by atoms with van der Waals surface area (Å²) in [6.45, 7) is 0. The van der Waals surface area contributed by atoms with Crippen LogP contribution in [0.25, 0.3) is 0 Å². The predicted molar refractivity (Wildman–Crippen MR) is 59.9 cm³/mol. The molecule has 2 rings (SSSR count). The Labute approximate surface area is 113 Å². The van der Waals surface area contributed by atoms with Gasteiger partial charge in [0.2, 0.25) is 0 Å². The van der Waals surface area contributed by atoms with Crippen LogP contribution < -0.4 is 33.2 Å². The largest absolute Gasteiger partial charge is 1.00 e. The molecule has 0 spiro atoms. The van der Waals surface area contributed by atoms with E-state index in [0.717, 1.165) is 0 Å². The first-order valence-electron chi connectivity index (χ1n) is 4.94. The summed E-state index contributed by atoms with van der Waals surface area (Å²) in [4.78, 5) is 0. The summed E-state index contributed by atoms with van der Waals surface area (Å²) in [5.41, 5.74) is 0. The summed E-state index contributed by atoms with van der Waals surface area (Å²) < 4.78 is 10.1. The van der Waals surface area contributed by atoms with Gasteiger partial charge in [0.05, 0.1) is 0 Å². The first-order chi connectivity index (χ1) is 7.84. The van der Waals surface area contributed by atoms with Gasteiger partial charge in [0.15, 0.2) is 0 Å². The van der Waals surface area contributed by atoms with Crippen molar-refractivity contribution in [3.8, 4) is 11.5 Å². The molecule has 0 saturated heterocycles. The van der Waals surface area contributed by atoms with E-state index in [0.29, 0.717) is 11.5 Å². The molecule has 0 radical (unpaired) electrons. The molecule has 0 atom stereocenters. The van der Waals surface area contributed by atoms with E-state index in [2.05, 4.69) is 0 Å². The van der Waals surface area contributed by atoms with E-state index in [1.807, 2.05) is 12.1 Å². The van der Waals surface area contributed by atoms with Gasteiger partial charge in [0.25, 0.3) is 0 Å². The fourth-order valence-electron chi connectivity index (χ4n) is 1.24. The molecule has 5 heteroatoms. The standard InChI is InChI=1S/C12H10BO3.Li/c14-13(15-11-7-3-1-4-8-11)16-12-9-5-2-6-10-12;/h1-10H;/q-1;+1. The van der Waals surface area contributed by atoms with E-state index < -0.39 is 7.32 Å². The van der Waals surface area contributed by atoms with Crippen molar-refractivity contribution in [2.24, 2.45) is 0 Å². The molecule has 0 aliphatic rings. The average Bonchev–Trinajstić information content (AvgIpc) is 2.31. The van der Waals surface area contributed by atoms with Crippen molar-refractivity contribution in [2.75, 3.05) is 0 Å². The fourth-order valence-corrected chi connectivity index (χ4v) is 1.24. The second kappa shape index (κ2) is 7.08. The number of hydrogen-bond acceptors (Lipinski definition) is 3. The molecule has 2 aromatic carbocycles. The quantitative estimate of drug-likeness (QED) is 0.588. The third-order valence-corrected chi connectivity index (χ3v) is 1.95. The topological polar surface area (TPSA) is 41.5 Å². The maximum Gasteiger partial charge on any atom is 1.00 e. The molecule has 17 heavy (non-hydrogen) atoms. The predicted octanol–water partition coefficient (Wildman–Crippen LogP) is -1.51. The first kappa shape index (κ1) is 13.7. The minimum absolute atomic E-state index is 0. The molecular weight excluding hydrogens is 210 g/mol. The number of hydrogen-bond donors (Lipinski definition) is 0. The fraction of sp³-hybridized carbons (Fsp3) is 0. The van der Waals surface area contributed by atoms with Crippen molar-refractivity contribution in [3.63, 3.8) is 0 Å². The second-order valence-electron chi connectivity index (χ2n) is 3.15. The van der Waals surface area contributed by atoms with Gasteiger partial charge in [-0.25, -0.2) is 0 Å². The van der Waals surface area contributed by atoms with Crippen LogP contribution in [0.5, 0.6) is 11.5 Å². The molecule has 0 fully saturated rings. The molecule has 0 bridgehead atoms. The van der Waals surface area contributed by atoms with Gasteiger partial charge >= 0.3 is 26.2 Å². The van der Waals surface area contributed by atoms with Crippen molar-refractivity contribution in [3.05, 3.63) is 60.7 Å². The smallest absolute Gasteiger partial charge is 0.808 e. The van der Waals surface area contributed by atoms with Crippen LogP contribution in [-0.2, 0) is 0 Å². The second-order valence-corrected chi connectivity index (χ2v) is 3.15. The molecule has 0 unspecified atom stereocenters. The molecule has 3 nitrogen and oxygen atoms in total. The Bertz CT molecular complexity index is 383. The normalized spacial score (nSPS) is 9.00. The monoisotopic (exact) mass is 220 g/mol. The van der Waals surface area contributed by atoms with E-state index in [1.165, 1.54) is 0 Å². The van der Waals surface area contributed by atoms with Crippen LogP contribution >= 0.6 is 0 Å². The number of para-hydroxylation sites is 2. The van der Waals surface area contributed by atoms with E-state index in [4.69, 9.17) is 9.31 Å². The molecule has 2 aromatic rings. The SMILES string of the molecule is [Li+].[O-]B(Oc1ccccc1)Oc1ccccc1. The zero-order valence-electron chi connectivity index (χ0n) is 9.58. The molecule has 0 heterocycles. The Hall–Kier alpha value is -1.34. The van der Waals surface area contributed by atoms with Gasteiger partial charge in [0, 0.05) is 0 Å². The average molecular weight is 220 g/mol. The molecule has 0 N–H and O–H groups in total. The van der Waals surface area contributed by atoms with Gasteiger partial charge < -0.3 is 14.3 Å². The van der Waals surface area contributed by atoms with Crippen LogP contribution in [0.3, 0.4) is 0 Å². The van der Waals surface area contributed by atoms with Gasteiger partial charge in [-0.15, -0.1) is 0 Å². The van der Waals surface area contributed by atoms with Gasteiger partial charge in [-0.2, -0.15) is 0 Å². The summed E-state index contributed by atoms with van der Waals surface area (Å²) in [6, 6.07) is 17.7. The van der Waals surface area contributed by atoms with Crippen LogP contribution in [0.2, 0.25) is 0 Å². The third kappa shape index (κ3) is 4.58. The number of benzene rings is 2. The molecule has 0 saturated carbocycles. The zero-order chi connectivity index (χ0) is 11.2. The molecular formula is C12H10BLiO3. The Morgan fingerprint density at radius 1 is 0.706 bits per heavy atom. The summed E-state index contributed by atoms with van der Waals surface area (Å²) in [7, 11) is -1.55. The van der Waals surface area contributed by atoms with E-state index >= 15 is 0 Å². The number of rotatable bonds is 4. The molecule has 0 amide bonds. The Kier molecular flexibility index (Phi) is 5.72. The van der Waals surface area contributed by atoms with Crippen LogP contribution in [0, 0.1) is 0 Å². The van der Waals surface area contributed by atoms with Gasteiger partial charge in [-0.3, -0.25) is 0 Å². The van der Waals surface area contributed by atoms with Crippen molar-refractivity contribution in [1.82, 2.24) is 0 Å². The molecule has 80 valence electrons. The van der Waals surface area contributed by atoms with Crippen molar-refractivity contribution >= 4 is 7.32 Å². The Morgan fingerprint density at radius 3 is 1.41 bits per heavy atom. The Morgan fingerprint density at radius 2 is 1.06 bits per heavy atom. The maximum absolute atomic E-state index is 11.4. The molecule has 0 aromatic heterocycles. The zero-order valence-corrected chi connectivity index (χ0v) is 9.58. The maximum atomic E-state index is 11.4. The van der Waals surface area contributed by atoms with E-state index in [1.54, 1.807) is 48.5 Å². The van der Waals surface area contributed by atoms with Crippen LogP contribution in [0.15, 0.2) is 60.7 Å². The summed E-state index contributed by atoms with van der Waals surface area (Å²) in [5, 5.41) is 11.4. The van der Waals surface area contributed by atoms with Crippen LogP contribution in [0.1, 0.15) is 0 Å². The van der Waals surface area contributed by atoms with E-state index in [9.17, 15) is 5.02 Å². The summed E-state index contributed by atoms with van der Waals surface area (Å²) >= 11 is 0. The van der Waals surface area contributed by atoms with Crippen LogP contribution in [0.4, 0.5) is 0 Å². The minimum atomic E-state index is -1.55. The van der Waals surface area contributed by atoms with Gasteiger partial charge in [-0.1, -0.05) is 36.4 Å². The molecule has 0 aliphatic heterocycles. The van der Waals surface area contributed by atoms with Gasteiger partial charge in [0.1, 0.15) is 11.5 Å². The van der Waals surface area contributed by atoms with Crippen molar-refractivity contribution in [2.45, 2.75) is 0 Å². The Balaban J connectivity index is 0.00000144. The molecule has 0 aliphatic carbocycles. The summed E-state index contributed by atoms with van der Waals surface area (Å²) in [6.07, 6.45) is 0.